The minimum Gasteiger partial charge on any atom is -0.396 e. The first kappa shape index (κ1) is 21.3. The smallest absolute Gasteiger partial charge is 0.139 e. The second-order valence-electron chi connectivity index (χ2n) is 7.15. The monoisotopic (exact) mass is 340 g/mol. The first-order valence-corrected chi connectivity index (χ1v) is 9.78. The molecule has 4 nitrogen and oxygen atoms in total. The van der Waals surface area contributed by atoms with Crippen LogP contribution in [0.15, 0.2) is 12.2 Å². The third kappa shape index (κ3) is 7.91. The van der Waals surface area contributed by atoms with Crippen molar-refractivity contribution in [2.75, 3.05) is 6.61 Å². The Bertz CT molecular complexity index is 367. The van der Waals surface area contributed by atoms with E-state index in [0.717, 1.165) is 64.2 Å². The summed E-state index contributed by atoms with van der Waals surface area (Å²) in [6.45, 7) is 2.39. The molecule has 1 aliphatic rings. The van der Waals surface area contributed by atoms with Crippen LogP contribution in [0.5, 0.6) is 0 Å². The number of hydrogen-bond donors (Lipinski definition) is 3. The summed E-state index contributed by atoms with van der Waals surface area (Å²) in [6.07, 6.45) is 12.7. The number of unbranched alkanes of at least 4 members (excludes halogenated alkanes) is 6. The van der Waals surface area contributed by atoms with Gasteiger partial charge in [0.05, 0.1) is 12.2 Å². The molecule has 140 valence electrons. The van der Waals surface area contributed by atoms with Gasteiger partial charge in [0.25, 0.3) is 0 Å². The van der Waals surface area contributed by atoms with Crippen LogP contribution in [0.25, 0.3) is 0 Å². The zero-order valence-corrected chi connectivity index (χ0v) is 15.2. The maximum atomic E-state index is 12.1. The van der Waals surface area contributed by atoms with Crippen LogP contribution in [-0.2, 0) is 4.79 Å². The van der Waals surface area contributed by atoms with Crippen LogP contribution in [0.3, 0.4) is 0 Å². The van der Waals surface area contributed by atoms with Crippen molar-refractivity contribution in [2.45, 2.75) is 89.8 Å². The van der Waals surface area contributed by atoms with E-state index in [4.69, 9.17) is 5.11 Å². The zero-order chi connectivity index (χ0) is 17.8. The maximum Gasteiger partial charge on any atom is 0.139 e. The van der Waals surface area contributed by atoms with Gasteiger partial charge in [-0.05, 0) is 19.3 Å². The molecule has 4 atom stereocenters. The number of aliphatic hydroxyl groups is 3. The first-order chi connectivity index (χ1) is 11.6. The Morgan fingerprint density at radius 1 is 1.12 bits per heavy atom. The van der Waals surface area contributed by atoms with Crippen molar-refractivity contribution in [3.8, 4) is 0 Å². The number of Topliss-reactive ketones (excluding diaryl/α,β-unsaturated/α-hetero) is 1. The van der Waals surface area contributed by atoms with E-state index in [-0.39, 0.29) is 30.6 Å². The van der Waals surface area contributed by atoms with Crippen molar-refractivity contribution in [1.29, 1.82) is 0 Å². The summed E-state index contributed by atoms with van der Waals surface area (Å²) in [5, 5.41) is 28.9. The Morgan fingerprint density at radius 3 is 2.54 bits per heavy atom. The standard InChI is InChI=1S/C20H36O4/c1-2-3-7-10-16(22)12-13-18-17(19(23)15-20(18)24)11-8-5-4-6-9-14-21/h12-13,16-18,20-22,24H,2-11,14-15H2,1H3/b13-12+/t16-,17-,18-,20+/m1/s1. The number of hydrogen-bond acceptors (Lipinski definition) is 4. The summed E-state index contributed by atoms with van der Waals surface area (Å²) >= 11 is 0. The minimum atomic E-state index is -0.601. The molecule has 0 saturated heterocycles. The second kappa shape index (κ2) is 12.6. The molecule has 0 aromatic rings. The number of aliphatic hydroxyl groups excluding tert-OH is 3. The average molecular weight is 341 g/mol. The van der Waals surface area contributed by atoms with Crippen molar-refractivity contribution in [3.63, 3.8) is 0 Å². The quantitative estimate of drug-likeness (QED) is 0.355. The third-order valence-electron chi connectivity index (χ3n) is 5.06. The zero-order valence-electron chi connectivity index (χ0n) is 15.2. The van der Waals surface area contributed by atoms with E-state index in [2.05, 4.69) is 6.92 Å². The van der Waals surface area contributed by atoms with Gasteiger partial charge in [-0.15, -0.1) is 0 Å². The summed E-state index contributed by atoms with van der Waals surface area (Å²) in [5.41, 5.74) is 0. The Hall–Kier alpha value is -0.710. The molecule has 0 spiro atoms. The lowest BCUT2D eigenvalue weighted by atomic mass is 9.88. The molecule has 24 heavy (non-hydrogen) atoms. The van der Waals surface area contributed by atoms with Crippen molar-refractivity contribution >= 4 is 5.78 Å². The summed E-state index contributed by atoms with van der Waals surface area (Å²) in [7, 11) is 0. The van der Waals surface area contributed by atoms with Crippen LogP contribution in [-0.4, -0.2) is 39.9 Å². The number of carbonyl (C=O) groups excluding carboxylic acids is 1. The molecule has 0 unspecified atom stereocenters. The molecule has 0 radical (unpaired) electrons. The van der Waals surface area contributed by atoms with E-state index in [0.29, 0.717) is 0 Å². The highest BCUT2D eigenvalue weighted by Gasteiger charge is 2.39. The predicted octanol–water partition coefficient (Wildman–Crippen LogP) is 3.38. The molecule has 1 aliphatic carbocycles. The lowest BCUT2D eigenvalue weighted by Gasteiger charge is -2.18. The Kier molecular flexibility index (Phi) is 11.2. The van der Waals surface area contributed by atoms with Crippen LogP contribution in [0.2, 0.25) is 0 Å². The van der Waals surface area contributed by atoms with Gasteiger partial charge in [-0.2, -0.15) is 0 Å². The highest BCUT2D eigenvalue weighted by molar-refractivity contribution is 5.84. The van der Waals surface area contributed by atoms with Gasteiger partial charge in [0.15, 0.2) is 0 Å². The Balaban J connectivity index is 2.40. The first-order valence-electron chi connectivity index (χ1n) is 9.78. The summed E-state index contributed by atoms with van der Waals surface area (Å²) in [4.78, 5) is 12.1. The topological polar surface area (TPSA) is 77.8 Å². The molecule has 0 amide bonds. The van der Waals surface area contributed by atoms with Gasteiger partial charge in [0.2, 0.25) is 0 Å². The lowest BCUT2D eigenvalue weighted by molar-refractivity contribution is -0.121. The molecular formula is C20H36O4. The summed E-state index contributed by atoms with van der Waals surface area (Å²) in [6, 6.07) is 0. The van der Waals surface area contributed by atoms with E-state index in [9.17, 15) is 15.0 Å². The van der Waals surface area contributed by atoms with Gasteiger partial charge >= 0.3 is 0 Å². The average Bonchev–Trinajstić information content (AvgIpc) is 2.82. The van der Waals surface area contributed by atoms with Crippen LogP contribution in [0.1, 0.15) is 77.6 Å². The largest absolute Gasteiger partial charge is 0.396 e. The van der Waals surface area contributed by atoms with E-state index < -0.39 is 12.2 Å². The Morgan fingerprint density at radius 2 is 1.83 bits per heavy atom. The Labute approximate surface area is 147 Å². The van der Waals surface area contributed by atoms with E-state index >= 15 is 0 Å². The fraction of sp³-hybridized carbons (Fsp3) is 0.850. The molecule has 4 heteroatoms. The molecule has 3 N–H and O–H groups in total. The van der Waals surface area contributed by atoms with Crippen LogP contribution in [0, 0.1) is 11.8 Å². The maximum absolute atomic E-state index is 12.1. The van der Waals surface area contributed by atoms with Crippen molar-refractivity contribution < 1.29 is 20.1 Å². The fourth-order valence-corrected chi connectivity index (χ4v) is 3.55. The molecular weight excluding hydrogens is 304 g/mol. The third-order valence-corrected chi connectivity index (χ3v) is 5.06. The SMILES string of the molecule is CCCCC[C@@H](O)/C=C/[C@H]1[C@@H](O)CC(=O)[C@@H]1CCCCCCCO. The van der Waals surface area contributed by atoms with Gasteiger partial charge in [0.1, 0.15) is 5.78 Å². The normalized spacial score (nSPS) is 25.7. The van der Waals surface area contributed by atoms with Crippen LogP contribution in [0.4, 0.5) is 0 Å². The molecule has 1 saturated carbocycles. The fourth-order valence-electron chi connectivity index (χ4n) is 3.55. The number of ketones is 1. The highest BCUT2D eigenvalue weighted by Crippen LogP contribution is 2.34. The van der Waals surface area contributed by atoms with Gasteiger partial charge < -0.3 is 15.3 Å². The van der Waals surface area contributed by atoms with Crippen molar-refractivity contribution in [1.82, 2.24) is 0 Å². The molecule has 1 fully saturated rings. The summed E-state index contributed by atoms with van der Waals surface area (Å²) < 4.78 is 0. The molecule has 0 aliphatic heterocycles. The highest BCUT2D eigenvalue weighted by atomic mass is 16.3. The van der Waals surface area contributed by atoms with Crippen LogP contribution < -0.4 is 0 Å². The molecule has 0 aromatic heterocycles. The van der Waals surface area contributed by atoms with Gasteiger partial charge in [-0.3, -0.25) is 4.79 Å². The van der Waals surface area contributed by atoms with Gasteiger partial charge in [-0.1, -0.05) is 64.0 Å². The molecule has 0 heterocycles. The molecule has 0 bridgehead atoms. The second-order valence-corrected chi connectivity index (χ2v) is 7.15. The van der Waals surface area contributed by atoms with E-state index in [1.807, 2.05) is 6.08 Å². The molecule has 0 aromatic carbocycles. The number of carbonyl (C=O) groups is 1. The lowest BCUT2D eigenvalue weighted by Crippen LogP contribution is -2.19. The van der Waals surface area contributed by atoms with Crippen molar-refractivity contribution in [3.05, 3.63) is 12.2 Å². The van der Waals surface area contributed by atoms with E-state index in [1.165, 1.54) is 0 Å². The summed E-state index contributed by atoms with van der Waals surface area (Å²) in [5.74, 6) is -0.0827. The minimum absolute atomic E-state index is 0.100. The molecule has 1 rings (SSSR count). The van der Waals surface area contributed by atoms with E-state index in [1.54, 1.807) is 6.08 Å². The number of rotatable bonds is 13. The van der Waals surface area contributed by atoms with Gasteiger partial charge in [0, 0.05) is 24.9 Å². The van der Waals surface area contributed by atoms with Crippen LogP contribution >= 0.6 is 0 Å². The van der Waals surface area contributed by atoms with Gasteiger partial charge in [-0.25, -0.2) is 0 Å². The van der Waals surface area contributed by atoms with Crippen molar-refractivity contribution in [2.24, 2.45) is 11.8 Å². The predicted molar refractivity (Wildman–Crippen MR) is 96.7 cm³/mol.